The van der Waals surface area contributed by atoms with Crippen LogP contribution in [0.5, 0.6) is 0 Å². The number of aromatic nitrogens is 3. The summed E-state index contributed by atoms with van der Waals surface area (Å²) in [4.78, 5) is 35.6. The molecule has 0 unspecified atom stereocenters. The first-order valence-electron chi connectivity index (χ1n) is 9.40. The first-order chi connectivity index (χ1) is 13.5. The molecule has 1 saturated heterocycles. The highest BCUT2D eigenvalue weighted by Crippen LogP contribution is 2.25. The van der Waals surface area contributed by atoms with Gasteiger partial charge in [0.05, 0.1) is 5.69 Å². The number of amides is 2. The Labute approximate surface area is 162 Å². The van der Waals surface area contributed by atoms with E-state index in [1.807, 2.05) is 38.1 Å². The van der Waals surface area contributed by atoms with Gasteiger partial charge in [-0.3, -0.25) is 25.1 Å². The van der Waals surface area contributed by atoms with Crippen molar-refractivity contribution in [2.45, 2.75) is 32.6 Å². The summed E-state index contributed by atoms with van der Waals surface area (Å²) >= 11 is 0. The Hall–Kier alpha value is -3.23. The zero-order valence-corrected chi connectivity index (χ0v) is 16.0. The molecule has 2 aliphatic rings. The van der Waals surface area contributed by atoms with Gasteiger partial charge in [-0.1, -0.05) is 17.7 Å². The Morgan fingerprint density at radius 1 is 1.21 bits per heavy atom. The number of hydrazine groups is 1. The zero-order valence-electron chi connectivity index (χ0n) is 16.0. The number of nitrogens with one attached hydrogen (secondary N) is 2. The Morgan fingerprint density at radius 3 is 2.71 bits per heavy atom. The molecule has 0 radical (unpaired) electrons. The SMILES string of the molecule is Cc1ccc(N2NC(C(=O)N3CCC[C@H](c4n[nH]c(C)n4)C3)=NCC2=O)cc1. The van der Waals surface area contributed by atoms with E-state index in [2.05, 4.69) is 25.6 Å². The van der Waals surface area contributed by atoms with E-state index >= 15 is 0 Å². The lowest BCUT2D eigenvalue weighted by Gasteiger charge is -2.34. The summed E-state index contributed by atoms with van der Waals surface area (Å²) in [6.45, 7) is 4.97. The second kappa shape index (κ2) is 7.41. The number of aliphatic imine (C=N–C) groups is 1. The number of aromatic amines is 1. The van der Waals surface area contributed by atoms with Crippen molar-refractivity contribution in [2.75, 3.05) is 24.6 Å². The minimum absolute atomic E-state index is 0.0562. The maximum Gasteiger partial charge on any atom is 0.290 e. The molecule has 0 aliphatic carbocycles. The van der Waals surface area contributed by atoms with Gasteiger partial charge in [-0.15, -0.1) is 0 Å². The second-order valence-electron chi connectivity index (χ2n) is 7.21. The number of amidine groups is 1. The molecule has 3 heterocycles. The Morgan fingerprint density at radius 2 is 2.00 bits per heavy atom. The molecule has 0 bridgehead atoms. The van der Waals surface area contributed by atoms with Crippen molar-refractivity contribution in [1.82, 2.24) is 25.5 Å². The maximum atomic E-state index is 13.0. The third-order valence-corrected chi connectivity index (χ3v) is 5.02. The van der Waals surface area contributed by atoms with Gasteiger partial charge in [0, 0.05) is 19.0 Å². The third kappa shape index (κ3) is 3.60. The highest BCUT2D eigenvalue weighted by atomic mass is 16.2. The summed E-state index contributed by atoms with van der Waals surface area (Å²) in [7, 11) is 0. The number of likely N-dealkylation sites (tertiary alicyclic amines) is 1. The lowest BCUT2D eigenvalue weighted by atomic mass is 9.97. The number of aryl methyl sites for hydroxylation is 2. The van der Waals surface area contributed by atoms with Gasteiger partial charge in [-0.25, -0.2) is 9.99 Å². The quantitative estimate of drug-likeness (QED) is 0.827. The van der Waals surface area contributed by atoms with Crippen molar-refractivity contribution in [3.63, 3.8) is 0 Å². The van der Waals surface area contributed by atoms with Gasteiger partial charge in [0.1, 0.15) is 12.4 Å². The molecule has 1 fully saturated rings. The molecule has 9 heteroatoms. The van der Waals surface area contributed by atoms with Crippen LogP contribution in [-0.4, -0.2) is 57.4 Å². The van der Waals surface area contributed by atoms with Gasteiger partial charge < -0.3 is 4.90 Å². The Balaban J connectivity index is 1.48. The molecule has 1 aromatic heterocycles. The van der Waals surface area contributed by atoms with Gasteiger partial charge >= 0.3 is 0 Å². The van der Waals surface area contributed by atoms with E-state index in [4.69, 9.17) is 0 Å². The highest BCUT2D eigenvalue weighted by molar-refractivity contribution is 6.39. The second-order valence-corrected chi connectivity index (χ2v) is 7.21. The number of H-pyrrole nitrogens is 1. The number of hydrogen-bond acceptors (Lipinski definition) is 6. The van der Waals surface area contributed by atoms with Crippen LogP contribution in [0, 0.1) is 13.8 Å². The minimum atomic E-state index is -0.207. The van der Waals surface area contributed by atoms with Gasteiger partial charge in [-0.2, -0.15) is 5.10 Å². The van der Waals surface area contributed by atoms with E-state index in [9.17, 15) is 9.59 Å². The Bertz CT molecular complexity index is 919. The van der Waals surface area contributed by atoms with Crippen molar-refractivity contribution in [3.8, 4) is 0 Å². The van der Waals surface area contributed by atoms with E-state index in [1.165, 1.54) is 5.01 Å². The number of benzene rings is 1. The van der Waals surface area contributed by atoms with Gasteiger partial charge in [0.15, 0.2) is 5.82 Å². The average molecular weight is 381 g/mol. The summed E-state index contributed by atoms with van der Waals surface area (Å²) in [5, 5.41) is 8.49. The predicted octanol–water partition coefficient (Wildman–Crippen LogP) is 1.08. The van der Waals surface area contributed by atoms with Crippen LogP contribution in [0.2, 0.25) is 0 Å². The fraction of sp³-hybridized carbons (Fsp3) is 0.421. The summed E-state index contributed by atoms with van der Waals surface area (Å²) in [6.07, 6.45) is 1.81. The summed E-state index contributed by atoms with van der Waals surface area (Å²) < 4.78 is 0. The van der Waals surface area contributed by atoms with Crippen LogP contribution < -0.4 is 10.4 Å². The topological polar surface area (TPSA) is 107 Å². The van der Waals surface area contributed by atoms with E-state index in [-0.39, 0.29) is 30.1 Å². The standard InChI is InChI=1S/C19H23N7O2/c1-12-5-7-15(8-6-12)26-16(27)10-20-18(24-26)19(28)25-9-3-4-14(11-25)17-21-13(2)22-23-17/h5-8,14H,3-4,9-11H2,1-2H3,(H,20,24)(H,21,22,23)/t14-/m0/s1. The van der Waals surface area contributed by atoms with Crippen LogP contribution in [0.15, 0.2) is 29.3 Å². The number of hydrogen-bond donors (Lipinski definition) is 2. The lowest BCUT2D eigenvalue weighted by Crippen LogP contribution is -2.57. The average Bonchev–Trinajstić information content (AvgIpc) is 3.15. The number of anilines is 1. The maximum absolute atomic E-state index is 13.0. The molecule has 4 rings (SSSR count). The van der Waals surface area contributed by atoms with Crippen LogP contribution in [0.25, 0.3) is 0 Å². The number of rotatable bonds is 3. The van der Waals surface area contributed by atoms with Crippen molar-refractivity contribution in [2.24, 2.45) is 4.99 Å². The van der Waals surface area contributed by atoms with Crippen LogP contribution in [-0.2, 0) is 9.59 Å². The zero-order chi connectivity index (χ0) is 19.7. The minimum Gasteiger partial charge on any atom is -0.335 e. The first kappa shape index (κ1) is 18.1. The number of nitrogens with zero attached hydrogens (tertiary/aromatic N) is 5. The van der Waals surface area contributed by atoms with Crippen molar-refractivity contribution in [3.05, 3.63) is 41.5 Å². The van der Waals surface area contributed by atoms with Gasteiger partial charge in [0.25, 0.3) is 11.8 Å². The van der Waals surface area contributed by atoms with E-state index in [1.54, 1.807) is 4.90 Å². The molecule has 1 atom stereocenters. The van der Waals surface area contributed by atoms with E-state index in [0.29, 0.717) is 18.8 Å². The molecule has 146 valence electrons. The Kier molecular flexibility index (Phi) is 4.81. The number of piperidine rings is 1. The van der Waals surface area contributed by atoms with Crippen LogP contribution in [0.1, 0.15) is 36.0 Å². The van der Waals surface area contributed by atoms with Crippen molar-refractivity contribution < 1.29 is 9.59 Å². The largest absolute Gasteiger partial charge is 0.335 e. The fourth-order valence-corrected chi connectivity index (χ4v) is 3.50. The fourth-order valence-electron chi connectivity index (χ4n) is 3.50. The molecule has 1 aromatic carbocycles. The molecule has 28 heavy (non-hydrogen) atoms. The van der Waals surface area contributed by atoms with Crippen LogP contribution in [0.3, 0.4) is 0 Å². The molecular weight excluding hydrogens is 358 g/mol. The molecule has 0 saturated carbocycles. The summed E-state index contributed by atoms with van der Waals surface area (Å²) in [5.41, 5.74) is 4.68. The molecule has 2 N–H and O–H groups in total. The van der Waals surface area contributed by atoms with Crippen molar-refractivity contribution >= 4 is 23.3 Å². The third-order valence-electron chi connectivity index (χ3n) is 5.02. The highest BCUT2D eigenvalue weighted by Gasteiger charge is 2.32. The van der Waals surface area contributed by atoms with Gasteiger partial charge in [0.2, 0.25) is 5.84 Å². The van der Waals surface area contributed by atoms with Crippen LogP contribution in [0.4, 0.5) is 5.69 Å². The van der Waals surface area contributed by atoms with Gasteiger partial charge in [-0.05, 0) is 38.8 Å². The van der Waals surface area contributed by atoms with Crippen molar-refractivity contribution in [1.29, 1.82) is 0 Å². The summed E-state index contributed by atoms with van der Waals surface area (Å²) in [6, 6.07) is 7.53. The van der Waals surface area contributed by atoms with E-state index < -0.39 is 0 Å². The molecular formula is C19H23N7O2. The van der Waals surface area contributed by atoms with Crippen LogP contribution >= 0.6 is 0 Å². The molecule has 2 amide bonds. The molecule has 2 aromatic rings. The number of carbonyl (C=O) groups excluding carboxylic acids is 2. The first-order valence-corrected chi connectivity index (χ1v) is 9.40. The molecule has 9 nitrogen and oxygen atoms in total. The smallest absolute Gasteiger partial charge is 0.290 e. The monoisotopic (exact) mass is 381 g/mol. The number of carbonyl (C=O) groups is 2. The molecule has 0 spiro atoms. The van der Waals surface area contributed by atoms with E-state index in [0.717, 1.165) is 30.1 Å². The summed E-state index contributed by atoms with van der Waals surface area (Å²) in [5.74, 6) is 1.39. The normalized spacial score (nSPS) is 20.0. The predicted molar refractivity (Wildman–Crippen MR) is 104 cm³/mol. The lowest BCUT2D eigenvalue weighted by molar-refractivity contribution is -0.125. The molecule has 2 aliphatic heterocycles.